The summed E-state index contributed by atoms with van der Waals surface area (Å²) in [6.07, 6.45) is -0.899. The number of benzene rings is 2. The van der Waals surface area contributed by atoms with E-state index in [9.17, 15) is 14.7 Å². The summed E-state index contributed by atoms with van der Waals surface area (Å²) in [5.41, 5.74) is -0.701. The summed E-state index contributed by atoms with van der Waals surface area (Å²) in [6.45, 7) is 5.37. The van der Waals surface area contributed by atoms with Crippen molar-refractivity contribution in [3.63, 3.8) is 0 Å². The Kier molecular flexibility index (Phi) is 5.96. The molecule has 1 aliphatic heterocycles. The molecule has 2 aromatic carbocycles. The van der Waals surface area contributed by atoms with Gasteiger partial charge in [-0.05, 0) is 57.2 Å². The van der Waals surface area contributed by atoms with Gasteiger partial charge >= 0.3 is 12.1 Å². The van der Waals surface area contributed by atoms with Crippen molar-refractivity contribution in [2.45, 2.75) is 44.9 Å². The summed E-state index contributed by atoms with van der Waals surface area (Å²) in [4.78, 5) is 25.2. The molecule has 0 aromatic heterocycles. The number of likely N-dealkylation sites (tertiary alicyclic amines) is 1. The van der Waals surface area contributed by atoms with Crippen LogP contribution in [0.15, 0.2) is 54.6 Å². The average molecular weight is 399 g/mol. The van der Waals surface area contributed by atoms with E-state index in [1.807, 2.05) is 30.3 Å². The topological polar surface area (TPSA) is 85.3 Å². The number of para-hydroxylation sites is 1. The van der Waals surface area contributed by atoms with Gasteiger partial charge in [-0.3, -0.25) is 4.90 Å². The molecule has 3 rings (SSSR count). The van der Waals surface area contributed by atoms with Gasteiger partial charge in [-0.1, -0.05) is 18.2 Å². The molecule has 2 aromatic rings. The number of carboxylic acids is 1. The van der Waals surface area contributed by atoms with E-state index in [0.717, 1.165) is 5.75 Å². The maximum atomic E-state index is 12.4. The SMILES string of the molecule is CC(C)(C)OC(=O)N1C[C@H](Oc2ccc(Oc3ccccc3)cc2)C[C@@H]1C(=O)O. The molecule has 7 nitrogen and oxygen atoms in total. The molecule has 154 valence electrons. The van der Waals surface area contributed by atoms with Crippen LogP contribution in [0.1, 0.15) is 27.2 Å². The monoisotopic (exact) mass is 399 g/mol. The Balaban J connectivity index is 1.62. The number of carbonyl (C=O) groups is 2. The minimum atomic E-state index is -1.08. The third-order valence-corrected chi connectivity index (χ3v) is 4.28. The van der Waals surface area contributed by atoms with E-state index < -0.39 is 29.8 Å². The fraction of sp³-hybridized carbons (Fsp3) is 0.364. The number of aliphatic carboxylic acids is 1. The standard InChI is InChI=1S/C22H25NO6/c1-22(2,3)29-21(26)23-14-18(13-19(23)20(24)25)28-17-11-9-16(10-12-17)27-15-7-5-4-6-8-15/h4-12,18-19H,13-14H2,1-3H3,(H,24,25)/t18-,19-/m1/s1. The zero-order valence-electron chi connectivity index (χ0n) is 16.7. The van der Waals surface area contributed by atoms with Crippen molar-refractivity contribution < 1.29 is 28.9 Å². The number of carboxylic acid groups (broad SMARTS) is 1. The van der Waals surface area contributed by atoms with Gasteiger partial charge in [0.05, 0.1) is 6.54 Å². The lowest BCUT2D eigenvalue weighted by molar-refractivity contribution is -0.142. The van der Waals surface area contributed by atoms with Crippen LogP contribution in [0.3, 0.4) is 0 Å². The first-order valence-electron chi connectivity index (χ1n) is 9.43. The van der Waals surface area contributed by atoms with Crippen molar-refractivity contribution in [1.82, 2.24) is 4.90 Å². The second-order valence-corrected chi connectivity index (χ2v) is 7.85. The summed E-state index contributed by atoms with van der Waals surface area (Å²) in [5.74, 6) is 0.891. The van der Waals surface area contributed by atoms with Crippen molar-refractivity contribution in [3.8, 4) is 17.2 Å². The zero-order chi connectivity index (χ0) is 21.0. The molecule has 1 amide bonds. The number of carbonyl (C=O) groups excluding carboxylic acids is 1. The highest BCUT2D eigenvalue weighted by Gasteiger charge is 2.42. The van der Waals surface area contributed by atoms with Gasteiger partial charge in [-0.2, -0.15) is 0 Å². The molecular formula is C22H25NO6. The number of hydrogen-bond acceptors (Lipinski definition) is 5. The van der Waals surface area contributed by atoms with E-state index in [-0.39, 0.29) is 13.0 Å². The van der Waals surface area contributed by atoms with Crippen LogP contribution in [0.25, 0.3) is 0 Å². The van der Waals surface area contributed by atoms with Crippen LogP contribution in [-0.2, 0) is 9.53 Å². The summed E-state index contributed by atoms with van der Waals surface area (Å²) in [7, 11) is 0. The van der Waals surface area contributed by atoms with Crippen LogP contribution in [0.4, 0.5) is 4.79 Å². The van der Waals surface area contributed by atoms with Gasteiger partial charge in [0.15, 0.2) is 0 Å². The first-order valence-corrected chi connectivity index (χ1v) is 9.43. The van der Waals surface area contributed by atoms with Crippen LogP contribution < -0.4 is 9.47 Å². The molecule has 0 aliphatic carbocycles. The predicted octanol–water partition coefficient (Wildman–Crippen LogP) is 4.32. The molecule has 1 aliphatic rings. The molecule has 0 saturated carbocycles. The molecular weight excluding hydrogens is 374 g/mol. The van der Waals surface area contributed by atoms with E-state index in [4.69, 9.17) is 14.2 Å². The van der Waals surface area contributed by atoms with Gasteiger partial charge in [0, 0.05) is 6.42 Å². The van der Waals surface area contributed by atoms with Gasteiger partial charge in [-0.15, -0.1) is 0 Å². The fourth-order valence-electron chi connectivity index (χ4n) is 3.04. The lowest BCUT2D eigenvalue weighted by Crippen LogP contribution is -2.43. The second-order valence-electron chi connectivity index (χ2n) is 7.85. The number of nitrogens with zero attached hydrogens (tertiary/aromatic N) is 1. The Morgan fingerprint density at radius 1 is 0.966 bits per heavy atom. The highest BCUT2D eigenvalue weighted by molar-refractivity contribution is 5.81. The van der Waals surface area contributed by atoms with E-state index >= 15 is 0 Å². The van der Waals surface area contributed by atoms with Crippen LogP contribution in [0.2, 0.25) is 0 Å². The van der Waals surface area contributed by atoms with Gasteiger partial charge < -0.3 is 19.3 Å². The molecule has 7 heteroatoms. The molecule has 2 atom stereocenters. The van der Waals surface area contributed by atoms with Gasteiger partial charge in [0.1, 0.15) is 35.0 Å². The molecule has 1 N–H and O–H groups in total. The maximum Gasteiger partial charge on any atom is 0.411 e. The van der Waals surface area contributed by atoms with E-state index in [0.29, 0.717) is 11.5 Å². The van der Waals surface area contributed by atoms with Crippen LogP contribution in [0.5, 0.6) is 17.2 Å². The molecule has 0 spiro atoms. The van der Waals surface area contributed by atoms with E-state index in [2.05, 4.69) is 0 Å². The third kappa shape index (κ3) is 5.63. The van der Waals surface area contributed by atoms with Crippen molar-refractivity contribution in [3.05, 3.63) is 54.6 Å². The Morgan fingerprint density at radius 3 is 2.14 bits per heavy atom. The maximum absolute atomic E-state index is 12.4. The highest BCUT2D eigenvalue weighted by atomic mass is 16.6. The van der Waals surface area contributed by atoms with Gasteiger partial charge in [-0.25, -0.2) is 9.59 Å². The largest absolute Gasteiger partial charge is 0.488 e. The highest BCUT2D eigenvalue weighted by Crippen LogP contribution is 2.28. The molecule has 1 fully saturated rings. The van der Waals surface area contributed by atoms with E-state index in [1.54, 1.807) is 45.0 Å². The zero-order valence-corrected chi connectivity index (χ0v) is 16.7. The first-order chi connectivity index (χ1) is 13.7. The summed E-state index contributed by atoms with van der Waals surface area (Å²) >= 11 is 0. The second kappa shape index (κ2) is 8.43. The van der Waals surface area contributed by atoms with Crippen LogP contribution in [0, 0.1) is 0 Å². The van der Waals surface area contributed by atoms with Gasteiger partial charge in [0.2, 0.25) is 0 Å². The molecule has 1 saturated heterocycles. The van der Waals surface area contributed by atoms with Crippen molar-refractivity contribution >= 4 is 12.1 Å². The Labute approximate surface area is 169 Å². The molecule has 0 radical (unpaired) electrons. The number of amides is 1. The summed E-state index contributed by atoms with van der Waals surface area (Å²) < 4.78 is 17.0. The number of rotatable bonds is 5. The van der Waals surface area contributed by atoms with Gasteiger partial charge in [0.25, 0.3) is 0 Å². The van der Waals surface area contributed by atoms with Crippen molar-refractivity contribution in [1.29, 1.82) is 0 Å². The predicted molar refractivity (Wildman–Crippen MR) is 106 cm³/mol. The molecule has 29 heavy (non-hydrogen) atoms. The quantitative estimate of drug-likeness (QED) is 0.806. The Bertz CT molecular complexity index is 844. The average Bonchev–Trinajstić information content (AvgIpc) is 3.07. The third-order valence-electron chi connectivity index (χ3n) is 4.28. The molecule has 1 heterocycles. The van der Waals surface area contributed by atoms with Crippen LogP contribution >= 0.6 is 0 Å². The first kappa shape index (κ1) is 20.5. The Hall–Kier alpha value is -3.22. The summed E-state index contributed by atoms with van der Waals surface area (Å²) in [6, 6.07) is 15.5. The minimum absolute atomic E-state index is 0.147. The minimum Gasteiger partial charge on any atom is -0.488 e. The fourth-order valence-corrected chi connectivity index (χ4v) is 3.04. The Morgan fingerprint density at radius 2 is 1.55 bits per heavy atom. The van der Waals surface area contributed by atoms with Crippen LogP contribution in [-0.4, -0.2) is 46.4 Å². The lowest BCUT2D eigenvalue weighted by atomic mass is 10.2. The van der Waals surface area contributed by atoms with Crippen molar-refractivity contribution in [2.24, 2.45) is 0 Å². The van der Waals surface area contributed by atoms with Crippen molar-refractivity contribution in [2.75, 3.05) is 6.54 Å². The molecule has 0 bridgehead atoms. The number of hydrogen-bond donors (Lipinski definition) is 1. The number of ether oxygens (including phenoxy) is 3. The summed E-state index contributed by atoms with van der Waals surface area (Å²) in [5, 5.41) is 9.47. The van der Waals surface area contributed by atoms with E-state index in [1.165, 1.54) is 4.90 Å². The lowest BCUT2D eigenvalue weighted by Gasteiger charge is -2.26. The normalized spacial score (nSPS) is 18.9. The molecule has 0 unspecified atom stereocenters. The smallest absolute Gasteiger partial charge is 0.411 e.